The van der Waals surface area contributed by atoms with E-state index in [1.165, 1.54) is 12.1 Å². The molecule has 1 atom stereocenters. The maximum absolute atomic E-state index is 14.4. The number of aromatic nitrogens is 1. The van der Waals surface area contributed by atoms with Crippen LogP contribution in [0.4, 0.5) is 4.39 Å². The van der Waals surface area contributed by atoms with Gasteiger partial charge >= 0.3 is 0 Å². The van der Waals surface area contributed by atoms with Gasteiger partial charge in [0.2, 0.25) is 0 Å². The Morgan fingerprint density at radius 2 is 1.92 bits per heavy atom. The van der Waals surface area contributed by atoms with Gasteiger partial charge in [-0.05, 0) is 78.1 Å². The van der Waals surface area contributed by atoms with E-state index in [1.54, 1.807) is 37.4 Å². The molecule has 37 heavy (non-hydrogen) atoms. The molecule has 0 saturated carbocycles. The molecule has 0 aliphatic rings. The molecule has 4 aromatic rings. The Labute approximate surface area is 216 Å². The van der Waals surface area contributed by atoms with Crippen molar-refractivity contribution in [3.05, 3.63) is 83.3 Å². The van der Waals surface area contributed by atoms with E-state index in [1.807, 2.05) is 44.2 Å². The number of nitrogens with two attached hydrogens (primary N) is 1. The van der Waals surface area contributed by atoms with Gasteiger partial charge in [0.1, 0.15) is 11.6 Å². The zero-order chi connectivity index (χ0) is 26.7. The van der Waals surface area contributed by atoms with Gasteiger partial charge in [-0.2, -0.15) is 5.26 Å². The molecule has 1 unspecified atom stereocenters. The zero-order valence-electron chi connectivity index (χ0n) is 21.4. The first-order valence-electron chi connectivity index (χ1n) is 12.0. The number of hydrogen-bond donors (Lipinski definition) is 1. The van der Waals surface area contributed by atoms with E-state index in [-0.39, 0.29) is 17.8 Å². The molecule has 1 amide bonds. The number of fused-ring (bicyclic) bond motifs is 1. The number of nitrogens with zero attached hydrogens (tertiary/aromatic N) is 3. The van der Waals surface area contributed by atoms with E-state index in [0.29, 0.717) is 45.5 Å². The fourth-order valence-electron chi connectivity index (χ4n) is 4.42. The second kappa shape index (κ2) is 10.8. The maximum atomic E-state index is 14.4. The van der Waals surface area contributed by atoms with Crippen molar-refractivity contribution in [1.29, 1.82) is 5.26 Å². The smallest absolute Gasteiger partial charge is 0.255 e. The molecular weight excluding hydrogens is 467 g/mol. The van der Waals surface area contributed by atoms with Crippen molar-refractivity contribution in [3.63, 3.8) is 0 Å². The van der Waals surface area contributed by atoms with Gasteiger partial charge in [0, 0.05) is 36.8 Å². The van der Waals surface area contributed by atoms with Crippen LogP contribution in [0.25, 0.3) is 33.2 Å². The number of amides is 1. The molecule has 188 valence electrons. The lowest BCUT2D eigenvalue weighted by atomic mass is 9.93. The summed E-state index contributed by atoms with van der Waals surface area (Å²) in [7, 11) is 3.27. The minimum absolute atomic E-state index is 0.168. The molecule has 3 aromatic carbocycles. The zero-order valence-corrected chi connectivity index (χ0v) is 21.4. The Balaban J connectivity index is 1.98. The molecule has 0 spiro atoms. The van der Waals surface area contributed by atoms with Crippen LogP contribution in [0.15, 0.2) is 60.8 Å². The molecule has 0 saturated heterocycles. The topological polar surface area (TPSA) is 92.2 Å². The fraction of sp³-hybridized carbons (Fsp3) is 0.233. The van der Waals surface area contributed by atoms with Crippen LogP contribution in [0.2, 0.25) is 0 Å². The number of ether oxygens (including phenoxy) is 1. The Bertz CT molecular complexity index is 1510. The van der Waals surface area contributed by atoms with E-state index in [2.05, 4.69) is 11.1 Å². The summed E-state index contributed by atoms with van der Waals surface area (Å²) in [6.07, 6.45) is 2.35. The summed E-state index contributed by atoms with van der Waals surface area (Å²) < 4.78 is 19.8. The van der Waals surface area contributed by atoms with Crippen LogP contribution in [0.3, 0.4) is 0 Å². The van der Waals surface area contributed by atoms with Crippen LogP contribution >= 0.6 is 0 Å². The van der Waals surface area contributed by atoms with Gasteiger partial charge in [-0.25, -0.2) is 4.39 Å². The van der Waals surface area contributed by atoms with Crippen molar-refractivity contribution in [2.75, 3.05) is 20.7 Å². The number of pyridine rings is 1. The van der Waals surface area contributed by atoms with E-state index >= 15 is 0 Å². The highest BCUT2D eigenvalue weighted by molar-refractivity contribution is 6.12. The molecule has 0 aliphatic carbocycles. The molecule has 6 nitrogen and oxygen atoms in total. The quantitative estimate of drug-likeness (QED) is 0.354. The van der Waals surface area contributed by atoms with Crippen molar-refractivity contribution in [2.45, 2.75) is 26.3 Å². The van der Waals surface area contributed by atoms with Gasteiger partial charge in [-0.1, -0.05) is 19.1 Å². The second-order valence-corrected chi connectivity index (χ2v) is 9.21. The molecule has 4 rings (SSSR count). The third-order valence-corrected chi connectivity index (χ3v) is 6.42. The summed E-state index contributed by atoms with van der Waals surface area (Å²) in [5, 5.41) is 10.1. The first-order chi connectivity index (χ1) is 17.7. The summed E-state index contributed by atoms with van der Waals surface area (Å²) in [6, 6.07) is 17.6. The number of methoxy groups -OCH3 is 1. The van der Waals surface area contributed by atoms with Crippen LogP contribution in [0.1, 0.15) is 34.8 Å². The SMILES string of the molecule is CCC(N)CN(C)C(=O)c1c(-c2cc(C)cc(F)c2)cnc2ccc(-c3cc(C#N)cc(OC)c3)cc12. The lowest BCUT2D eigenvalue weighted by Gasteiger charge is -2.23. The van der Waals surface area contributed by atoms with Crippen molar-refractivity contribution >= 4 is 16.8 Å². The number of halogens is 1. The third-order valence-electron chi connectivity index (χ3n) is 6.42. The van der Waals surface area contributed by atoms with Gasteiger partial charge in [0.25, 0.3) is 5.91 Å². The van der Waals surface area contributed by atoms with Crippen molar-refractivity contribution in [3.8, 4) is 34.1 Å². The fourth-order valence-corrected chi connectivity index (χ4v) is 4.42. The summed E-state index contributed by atoms with van der Waals surface area (Å²) in [5.41, 5.74) is 11.1. The first kappa shape index (κ1) is 25.8. The molecular formula is C30H29FN4O2. The second-order valence-electron chi connectivity index (χ2n) is 9.21. The third kappa shape index (κ3) is 5.45. The average molecular weight is 497 g/mol. The number of nitriles is 1. The minimum atomic E-state index is -0.385. The first-order valence-corrected chi connectivity index (χ1v) is 12.0. The van der Waals surface area contributed by atoms with Gasteiger partial charge < -0.3 is 15.4 Å². The number of hydrogen-bond acceptors (Lipinski definition) is 5. The van der Waals surface area contributed by atoms with E-state index in [0.717, 1.165) is 23.1 Å². The molecule has 7 heteroatoms. The highest BCUT2D eigenvalue weighted by Crippen LogP contribution is 2.34. The van der Waals surface area contributed by atoms with Crippen molar-refractivity contribution < 1.29 is 13.9 Å². The normalized spacial score (nSPS) is 11.7. The van der Waals surface area contributed by atoms with Crippen LogP contribution < -0.4 is 10.5 Å². The monoisotopic (exact) mass is 496 g/mol. The standard InChI is InChI=1S/C30H29FN4O2/c1-5-24(33)17-35(3)30(36)29-26-14-20(21-10-19(15-32)11-25(13-21)37-4)6-7-28(26)34-16-27(29)22-8-18(2)9-23(31)12-22/h6-14,16,24H,5,17,33H2,1-4H3. The van der Waals surface area contributed by atoms with Crippen LogP contribution in [-0.4, -0.2) is 42.5 Å². The van der Waals surface area contributed by atoms with Gasteiger partial charge in [-0.15, -0.1) is 0 Å². The van der Waals surface area contributed by atoms with Crippen LogP contribution in [0, 0.1) is 24.1 Å². The molecule has 1 aromatic heterocycles. The highest BCUT2D eigenvalue weighted by Gasteiger charge is 2.23. The Hall–Kier alpha value is -4.28. The summed E-state index contributed by atoms with van der Waals surface area (Å²) in [6.45, 7) is 4.16. The lowest BCUT2D eigenvalue weighted by molar-refractivity contribution is 0.0788. The van der Waals surface area contributed by atoms with E-state index in [9.17, 15) is 14.4 Å². The molecule has 1 heterocycles. The number of carbonyl (C=O) groups excluding carboxylic acids is 1. The highest BCUT2D eigenvalue weighted by atomic mass is 19.1. The summed E-state index contributed by atoms with van der Waals surface area (Å²) in [4.78, 5) is 20.1. The minimum Gasteiger partial charge on any atom is -0.497 e. The molecule has 2 N–H and O–H groups in total. The Kier molecular flexibility index (Phi) is 7.51. The predicted octanol–water partition coefficient (Wildman–Crippen LogP) is 5.71. The van der Waals surface area contributed by atoms with Gasteiger partial charge in [0.15, 0.2) is 0 Å². The van der Waals surface area contributed by atoms with Crippen molar-refractivity contribution in [1.82, 2.24) is 9.88 Å². The number of likely N-dealkylation sites (N-methyl/N-ethyl adjacent to an activating group) is 1. The number of carbonyl (C=O) groups is 1. The van der Waals surface area contributed by atoms with Crippen molar-refractivity contribution in [2.24, 2.45) is 5.73 Å². The predicted molar refractivity (Wildman–Crippen MR) is 144 cm³/mol. The van der Waals surface area contributed by atoms with Crippen LogP contribution in [-0.2, 0) is 0 Å². The summed E-state index contributed by atoms with van der Waals surface area (Å²) in [5.74, 6) is -0.0569. The molecule has 0 fully saturated rings. The lowest BCUT2D eigenvalue weighted by Crippen LogP contribution is -2.38. The Morgan fingerprint density at radius 1 is 1.14 bits per heavy atom. The molecule has 0 radical (unpaired) electrons. The van der Waals surface area contributed by atoms with Gasteiger partial charge in [0.05, 0.1) is 29.8 Å². The van der Waals surface area contributed by atoms with Crippen LogP contribution in [0.5, 0.6) is 5.75 Å². The maximum Gasteiger partial charge on any atom is 0.255 e. The van der Waals surface area contributed by atoms with E-state index in [4.69, 9.17) is 10.5 Å². The number of benzene rings is 3. The Morgan fingerprint density at radius 3 is 2.59 bits per heavy atom. The number of rotatable bonds is 7. The number of aryl methyl sites for hydroxylation is 1. The summed E-state index contributed by atoms with van der Waals surface area (Å²) >= 11 is 0. The average Bonchev–Trinajstić information content (AvgIpc) is 2.90. The molecule has 0 aliphatic heterocycles. The largest absolute Gasteiger partial charge is 0.497 e. The van der Waals surface area contributed by atoms with Gasteiger partial charge in [-0.3, -0.25) is 9.78 Å². The van der Waals surface area contributed by atoms with E-state index < -0.39 is 0 Å². The molecule has 0 bridgehead atoms.